The van der Waals surface area contributed by atoms with E-state index in [4.69, 9.17) is 5.11 Å². The molecule has 0 bridgehead atoms. The number of aliphatic hydroxyl groups is 1. The zero-order valence-corrected chi connectivity index (χ0v) is 6.67. The van der Waals surface area contributed by atoms with Crippen molar-refractivity contribution in [1.82, 2.24) is 0 Å². The molecule has 0 aromatic heterocycles. The summed E-state index contributed by atoms with van der Waals surface area (Å²) in [5.74, 6) is 0. The number of rotatable bonds is 1. The van der Waals surface area contributed by atoms with Gasteiger partial charge >= 0.3 is 37.7 Å². The fraction of sp³-hybridized carbons (Fsp3) is 1.00. The third-order valence-corrected chi connectivity index (χ3v) is 0.224. The predicted molar refractivity (Wildman–Crippen MR) is 27.0 cm³/mol. The van der Waals surface area contributed by atoms with Gasteiger partial charge in [0, 0.05) is 6.61 Å². The molecule has 0 radical (unpaired) electrons. The van der Waals surface area contributed by atoms with Gasteiger partial charge in [-0.15, -0.1) is 0 Å². The van der Waals surface area contributed by atoms with E-state index in [1.165, 1.54) is 0 Å². The fourth-order valence-electron chi connectivity index (χ4n) is 0. The molecule has 0 aromatic carbocycles. The molecular weight excluding hydrogens is 124 g/mol. The Kier molecular flexibility index (Phi) is 94.4. The van der Waals surface area contributed by atoms with E-state index in [-0.39, 0.29) is 48.7 Å². The monoisotopic (exact) mass is 134 g/mol. The van der Waals surface area contributed by atoms with Crippen LogP contribution in [0.15, 0.2) is 0 Å². The van der Waals surface area contributed by atoms with Gasteiger partial charge in [-0.05, 0) is 6.42 Å². The molecule has 3 nitrogen and oxygen atoms in total. The van der Waals surface area contributed by atoms with Crippen LogP contribution in [0.2, 0.25) is 0 Å². The van der Waals surface area contributed by atoms with Gasteiger partial charge in [-0.1, -0.05) is 6.92 Å². The summed E-state index contributed by atoms with van der Waals surface area (Å²) in [6, 6.07) is 0. The zero-order chi connectivity index (χ0) is 3.41. The molecule has 0 aliphatic carbocycles. The van der Waals surface area contributed by atoms with E-state index in [9.17, 15) is 0 Å². The summed E-state index contributed by atoms with van der Waals surface area (Å²) in [6.45, 7) is 2.25. The van der Waals surface area contributed by atoms with Gasteiger partial charge in [-0.2, -0.15) is 0 Å². The van der Waals surface area contributed by atoms with Crippen molar-refractivity contribution in [2.24, 2.45) is 0 Å². The van der Waals surface area contributed by atoms with Crippen molar-refractivity contribution in [2.75, 3.05) is 6.61 Å². The van der Waals surface area contributed by atoms with Gasteiger partial charge in [0.25, 0.3) is 0 Å². The second-order valence-electron chi connectivity index (χ2n) is 0.724. The Morgan fingerprint density at radius 3 is 1.43 bits per heavy atom. The SMILES string of the molecule is CCCO.[Ca+2].[OH-].[OH-]. The summed E-state index contributed by atoms with van der Waals surface area (Å²) < 4.78 is 0. The summed E-state index contributed by atoms with van der Waals surface area (Å²) in [6.07, 6.45) is 0.875. The third-order valence-electron chi connectivity index (χ3n) is 0.224. The van der Waals surface area contributed by atoms with Crippen LogP contribution in [0.4, 0.5) is 0 Å². The average Bonchev–Trinajstić information content (AvgIpc) is 1.37. The van der Waals surface area contributed by atoms with E-state index in [2.05, 4.69) is 0 Å². The van der Waals surface area contributed by atoms with Crippen molar-refractivity contribution < 1.29 is 16.1 Å². The quantitative estimate of drug-likeness (QED) is 0.498. The molecule has 0 spiro atoms. The van der Waals surface area contributed by atoms with Crippen molar-refractivity contribution in [3.05, 3.63) is 0 Å². The topological polar surface area (TPSA) is 80.2 Å². The Balaban J connectivity index is -0.0000000150. The van der Waals surface area contributed by atoms with Gasteiger partial charge in [-0.25, -0.2) is 0 Å². The maximum absolute atomic E-state index is 7.88. The molecule has 42 valence electrons. The summed E-state index contributed by atoms with van der Waals surface area (Å²) in [5.41, 5.74) is 0. The van der Waals surface area contributed by atoms with Crippen molar-refractivity contribution in [1.29, 1.82) is 0 Å². The standard InChI is InChI=1S/C3H8O.Ca.2H2O/c1-2-3-4;;;/h4H,2-3H2,1H3;;2*1H2/q;+2;;/p-2. The first kappa shape index (κ1) is 24.2. The Labute approximate surface area is 73.3 Å². The minimum absolute atomic E-state index is 0. The normalized spacial score (nSPS) is 4.29. The van der Waals surface area contributed by atoms with Gasteiger partial charge in [0.2, 0.25) is 0 Å². The molecule has 3 N–H and O–H groups in total. The van der Waals surface area contributed by atoms with Crippen LogP contribution < -0.4 is 0 Å². The maximum Gasteiger partial charge on any atom is 2.00 e. The van der Waals surface area contributed by atoms with Crippen molar-refractivity contribution in [3.63, 3.8) is 0 Å². The molecule has 0 saturated carbocycles. The predicted octanol–water partition coefficient (Wildman–Crippen LogP) is -0.346. The van der Waals surface area contributed by atoms with Crippen LogP contribution in [0.5, 0.6) is 0 Å². The summed E-state index contributed by atoms with van der Waals surface area (Å²) in [4.78, 5) is 0. The Bertz CT molecular complexity index is 12.1. The van der Waals surface area contributed by atoms with E-state index in [0.717, 1.165) is 6.42 Å². The third kappa shape index (κ3) is 41.2. The molecule has 0 atom stereocenters. The fourth-order valence-corrected chi connectivity index (χ4v) is 0. The van der Waals surface area contributed by atoms with Gasteiger partial charge in [0.1, 0.15) is 0 Å². The first-order valence-electron chi connectivity index (χ1n) is 1.52. The van der Waals surface area contributed by atoms with Gasteiger partial charge in [0.05, 0.1) is 0 Å². The number of hydrogen-bond donors (Lipinski definition) is 1. The molecule has 0 saturated heterocycles. The van der Waals surface area contributed by atoms with Gasteiger partial charge < -0.3 is 16.1 Å². The second-order valence-corrected chi connectivity index (χ2v) is 0.724. The van der Waals surface area contributed by atoms with Crippen molar-refractivity contribution in [2.45, 2.75) is 13.3 Å². The van der Waals surface area contributed by atoms with E-state index >= 15 is 0 Å². The first-order chi connectivity index (χ1) is 1.91. The molecule has 0 heterocycles. The van der Waals surface area contributed by atoms with Crippen LogP contribution in [0, 0.1) is 0 Å². The van der Waals surface area contributed by atoms with E-state index in [1.807, 2.05) is 6.92 Å². The molecule has 0 fully saturated rings. The first-order valence-corrected chi connectivity index (χ1v) is 1.52. The van der Waals surface area contributed by atoms with Gasteiger partial charge in [0.15, 0.2) is 0 Å². The largest absolute Gasteiger partial charge is 2.00 e. The molecule has 4 heteroatoms. The van der Waals surface area contributed by atoms with Crippen LogP contribution in [-0.4, -0.2) is 60.4 Å². The van der Waals surface area contributed by atoms with Crippen LogP contribution in [0.1, 0.15) is 13.3 Å². The molecule has 0 unspecified atom stereocenters. The van der Waals surface area contributed by atoms with Crippen LogP contribution in [0.3, 0.4) is 0 Å². The molecule has 0 aromatic rings. The molecular formula is C3H10CaO3. The number of aliphatic hydroxyl groups excluding tert-OH is 1. The molecule has 0 rings (SSSR count). The molecule has 0 aliphatic rings. The van der Waals surface area contributed by atoms with Crippen molar-refractivity contribution in [3.8, 4) is 0 Å². The van der Waals surface area contributed by atoms with Crippen molar-refractivity contribution >= 4 is 37.7 Å². The van der Waals surface area contributed by atoms with Crippen LogP contribution in [0.25, 0.3) is 0 Å². The zero-order valence-electron chi connectivity index (χ0n) is 4.46. The molecule has 0 amide bonds. The summed E-state index contributed by atoms with van der Waals surface area (Å²) in [7, 11) is 0. The van der Waals surface area contributed by atoms with Gasteiger partial charge in [-0.3, -0.25) is 0 Å². The minimum Gasteiger partial charge on any atom is -0.870 e. The maximum atomic E-state index is 7.88. The Morgan fingerprint density at radius 2 is 1.43 bits per heavy atom. The van der Waals surface area contributed by atoms with E-state index in [1.54, 1.807) is 0 Å². The van der Waals surface area contributed by atoms with E-state index < -0.39 is 0 Å². The molecule has 7 heavy (non-hydrogen) atoms. The Hall–Kier alpha value is 1.14. The molecule has 0 aliphatic heterocycles. The van der Waals surface area contributed by atoms with E-state index in [0.29, 0.717) is 6.61 Å². The summed E-state index contributed by atoms with van der Waals surface area (Å²) in [5, 5.41) is 7.88. The number of hydrogen-bond acceptors (Lipinski definition) is 3. The minimum atomic E-state index is 0. The Morgan fingerprint density at radius 1 is 1.29 bits per heavy atom. The smallest absolute Gasteiger partial charge is 0.870 e. The summed E-state index contributed by atoms with van der Waals surface area (Å²) >= 11 is 0. The second kappa shape index (κ2) is 27.3. The van der Waals surface area contributed by atoms with Crippen LogP contribution in [-0.2, 0) is 0 Å². The average molecular weight is 134 g/mol. The van der Waals surface area contributed by atoms with Crippen LogP contribution >= 0.6 is 0 Å².